The Bertz CT molecular complexity index is 1170. The molecule has 0 bridgehead atoms. The van der Waals surface area contributed by atoms with Gasteiger partial charge in [-0.15, -0.1) is 0 Å². The summed E-state index contributed by atoms with van der Waals surface area (Å²) in [5.41, 5.74) is 3.09. The van der Waals surface area contributed by atoms with Crippen LogP contribution in [0.5, 0.6) is 0 Å². The second kappa shape index (κ2) is 11.5. The number of nitrogens with zero attached hydrogens (tertiary/aromatic N) is 3. The SMILES string of the molecule is N=C(Cc1ccccc1Cl)c1ncc2c(C3CCCCC(CCC(=O)O)CCC3)nccc2n1. The molecule has 0 aliphatic heterocycles. The van der Waals surface area contributed by atoms with Crippen molar-refractivity contribution in [3.63, 3.8) is 0 Å². The van der Waals surface area contributed by atoms with Crippen LogP contribution in [0.3, 0.4) is 0 Å². The summed E-state index contributed by atoms with van der Waals surface area (Å²) in [6.45, 7) is 0. The van der Waals surface area contributed by atoms with Crippen molar-refractivity contribution in [1.29, 1.82) is 5.41 Å². The molecule has 2 atom stereocenters. The van der Waals surface area contributed by atoms with Gasteiger partial charge in [0.15, 0.2) is 5.82 Å². The largest absolute Gasteiger partial charge is 0.481 e. The van der Waals surface area contributed by atoms with Gasteiger partial charge in [0.05, 0.1) is 16.9 Å². The number of aliphatic carboxylic acids is 1. The summed E-state index contributed by atoms with van der Waals surface area (Å²) in [5.74, 6) is 0.571. The molecule has 1 aromatic carbocycles. The second-order valence-electron chi connectivity index (χ2n) is 9.28. The number of benzene rings is 1. The fraction of sp³-hybridized carbons (Fsp3) is 0.444. The lowest BCUT2D eigenvalue weighted by Gasteiger charge is -2.17. The summed E-state index contributed by atoms with van der Waals surface area (Å²) >= 11 is 6.26. The van der Waals surface area contributed by atoms with Crippen LogP contribution in [0.2, 0.25) is 5.02 Å². The lowest BCUT2D eigenvalue weighted by molar-refractivity contribution is -0.137. The van der Waals surface area contributed by atoms with E-state index in [4.69, 9.17) is 32.1 Å². The van der Waals surface area contributed by atoms with Crippen molar-refractivity contribution in [3.8, 4) is 0 Å². The maximum atomic E-state index is 11.0. The zero-order valence-electron chi connectivity index (χ0n) is 19.3. The number of hydrogen-bond acceptors (Lipinski definition) is 5. The zero-order valence-corrected chi connectivity index (χ0v) is 20.1. The standard InChI is InChI=1S/C27H31ClN4O2/c28-22-11-4-3-9-20(22)16-23(29)27-31-17-21-24(32-27)14-15-30-26(21)19-8-2-1-6-18(7-5-10-19)12-13-25(33)34/h3-4,9,11,14-15,17-19,29H,1-2,5-8,10,12-13,16H2,(H,33,34). The van der Waals surface area contributed by atoms with Gasteiger partial charge in [0, 0.05) is 41.6 Å². The summed E-state index contributed by atoms with van der Waals surface area (Å²) in [6, 6.07) is 9.44. The first-order valence-corrected chi connectivity index (χ1v) is 12.5. The Kier molecular flexibility index (Phi) is 8.22. The van der Waals surface area contributed by atoms with Gasteiger partial charge in [-0.3, -0.25) is 9.78 Å². The fourth-order valence-electron chi connectivity index (χ4n) is 5.01. The molecule has 7 heteroatoms. The minimum Gasteiger partial charge on any atom is -0.481 e. The minimum absolute atomic E-state index is 0.268. The smallest absolute Gasteiger partial charge is 0.303 e. The summed E-state index contributed by atoms with van der Waals surface area (Å²) in [6.07, 6.45) is 12.7. The molecule has 34 heavy (non-hydrogen) atoms. The predicted octanol–water partition coefficient (Wildman–Crippen LogP) is 6.60. The molecule has 178 valence electrons. The topological polar surface area (TPSA) is 99.8 Å². The lowest BCUT2D eigenvalue weighted by Crippen LogP contribution is -2.10. The average molecular weight is 479 g/mol. The Hall–Kier alpha value is -2.86. The van der Waals surface area contributed by atoms with Crippen LogP contribution in [0, 0.1) is 11.3 Å². The Morgan fingerprint density at radius 1 is 1.06 bits per heavy atom. The van der Waals surface area contributed by atoms with Crippen molar-refractivity contribution >= 4 is 34.2 Å². The predicted molar refractivity (Wildman–Crippen MR) is 135 cm³/mol. The van der Waals surface area contributed by atoms with E-state index in [9.17, 15) is 4.79 Å². The molecule has 1 aliphatic carbocycles. The third-order valence-electron chi connectivity index (χ3n) is 6.87. The van der Waals surface area contributed by atoms with E-state index in [1.54, 1.807) is 0 Å². The van der Waals surface area contributed by atoms with E-state index in [2.05, 4.69) is 4.98 Å². The molecule has 2 aromatic heterocycles. The van der Waals surface area contributed by atoms with Crippen molar-refractivity contribution in [1.82, 2.24) is 15.0 Å². The molecule has 2 heterocycles. The van der Waals surface area contributed by atoms with Crippen LogP contribution in [0.25, 0.3) is 10.9 Å². The summed E-state index contributed by atoms with van der Waals surface area (Å²) in [5, 5.41) is 19.1. The van der Waals surface area contributed by atoms with Gasteiger partial charge >= 0.3 is 5.97 Å². The molecule has 1 saturated carbocycles. The van der Waals surface area contributed by atoms with Crippen LogP contribution in [-0.4, -0.2) is 31.7 Å². The number of halogens is 1. The first kappa shape index (κ1) is 24.3. The van der Waals surface area contributed by atoms with E-state index in [1.165, 1.54) is 0 Å². The molecule has 1 aliphatic rings. The van der Waals surface area contributed by atoms with Gasteiger partial charge in [0.2, 0.25) is 0 Å². The zero-order chi connectivity index (χ0) is 23.9. The molecule has 4 rings (SSSR count). The lowest BCUT2D eigenvalue weighted by atomic mass is 9.90. The van der Waals surface area contributed by atoms with Gasteiger partial charge < -0.3 is 10.5 Å². The van der Waals surface area contributed by atoms with Gasteiger partial charge in [0.25, 0.3) is 0 Å². The van der Waals surface area contributed by atoms with Crippen LogP contribution in [-0.2, 0) is 11.2 Å². The van der Waals surface area contributed by atoms with Crippen molar-refractivity contribution in [2.24, 2.45) is 5.92 Å². The quantitative estimate of drug-likeness (QED) is 0.372. The van der Waals surface area contributed by atoms with Gasteiger partial charge in [-0.05, 0) is 42.9 Å². The first-order chi connectivity index (χ1) is 16.5. The highest BCUT2D eigenvalue weighted by molar-refractivity contribution is 6.31. The fourth-order valence-corrected chi connectivity index (χ4v) is 5.22. The van der Waals surface area contributed by atoms with Crippen LogP contribution in [0.4, 0.5) is 0 Å². The van der Waals surface area contributed by atoms with Crippen LogP contribution in [0.15, 0.2) is 42.7 Å². The van der Waals surface area contributed by atoms with Crippen LogP contribution < -0.4 is 0 Å². The van der Waals surface area contributed by atoms with Gasteiger partial charge in [-0.2, -0.15) is 0 Å². The van der Waals surface area contributed by atoms with E-state index in [1.807, 2.05) is 42.7 Å². The summed E-state index contributed by atoms with van der Waals surface area (Å²) in [4.78, 5) is 24.9. The molecular weight excluding hydrogens is 448 g/mol. The van der Waals surface area contributed by atoms with Gasteiger partial charge in [-0.25, -0.2) is 9.97 Å². The van der Waals surface area contributed by atoms with Crippen molar-refractivity contribution < 1.29 is 9.90 Å². The van der Waals surface area contributed by atoms with Gasteiger partial charge in [-0.1, -0.05) is 61.9 Å². The number of carboxylic acids is 1. The number of rotatable bonds is 7. The Labute approximate surface area is 205 Å². The minimum atomic E-state index is -0.697. The van der Waals surface area contributed by atoms with Crippen molar-refractivity contribution in [2.45, 2.75) is 70.1 Å². The molecule has 1 fully saturated rings. The Balaban J connectivity index is 1.49. The molecule has 2 unspecified atom stereocenters. The molecule has 0 radical (unpaired) electrons. The number of carbonyl (C=O) groups is 1. The van der Waals surface area contributed by atoms with Crippen LogP contribution >= 0.6 is 11.6 Å². The van der Waals surface area contributed by atoms with E-state index >= 15 is 0 Å². The molecule has 3 aromatic rings. The molecule has 6 nitrogen and oxygen atoms in total. The third-order valence-corrected chi connectivity index (χ3v) is 7.24. The summed E-state index contributed by atoms with van der Waals surface area (Å²) < 4.78 is 0. The van der Waals surface area contributed by atoms with E-state index in [0.717, 1.165) is 73.5 Å². The monoisotopic (exact) mass is 478 g/mol. The molecule has 0 amide bonds. The van der Waals surface area contributed by atoms with Crippen molar-refractivity contribution in [3.05, 3.63) is 64.8 Å². The van der Waals surface area contributed by atoms with E-state index in [0.29, 0.717) is 34.8 Å². The van der Waals surface area contributed by atoms with Gasteiger partial charge in [0.1, 0.15) is 0 Å². The molecule has 2 N–H and O–H groups in total. The first-order valence-electron chi connectivity index (χ1n) is 12.2. The molecule has 0 saturated heterocycles. The summed E-state index contributed by atoms with van der Waals surface area (Å²) in [7, 11) is 0. The highest BCUT2D eigenvalue weighted by Gasteiger charge is 2.21. The Morgan fingerprint density at radius 2 is 1.82 bits per heavy atom. The Morgan fingerprint density at radius 3 is 2.65 bits per heavy atom. The third kappa shape index (κ3) is 6.17. The normalized spacial score (nSPS) is 19.2. The maximum Gasteiger partial charge on any atom is 0.303 e. The maximum absolute atomic E-state index is 11.0. The number of carboxylic acid groups (broad SMARTS) is 1. The number of fused-ring (bicyclic) bond motifs is 1. The second-order valence-corrected chi connectivity index (χ2v) is 9.69. The number of pyridine rings is 1. The van der Waals surface area contributed by atoms with Crippen molar-refractivity contribution in [2.75, 3.05) is 0 Å². The highest BCUT2D eigenvalue weighted by Crippen LogP contribution is 2.35. The number of hydrogen-bond donors (Lipinski definition) is 2. The van der Waals surface area contributed by atoms with E-state index < -0.39 is 5.97 Å². The number of nitrogens with one attached hydrogen (secondary N) is 1. The highest BCUT2D eigenvalue weighted by atomic mass is 35.5. The molecular formula is C27H31ClN4O2. The van der Waals surface area contributed by atoms with E-state index in [-0.39, 0.29) is 6.42 Å². The average Bonchev–Trinajstić information content (AvgIpc) is 2.95. The number of aromatic nitrogens is 3. The van der Waals surface area contributed by atoms with Crippen LogP contribution in [0.1, 0.15) is 80.8 Å². The molecule has 0 spiro atoms.